The summed E-state index contributed by atoms with van der Waals surface area (Å²) in [6.07, 6.45) is 0.702. The summed E-state index contributed by atoms with van der Waals surface area (Å²) in [7, 11) is 0. The zero-order valence-corrected chi connectivity index (χ0v) is 8.51. The van der Waals surface area contributed by atoms with Gasteiger partial charge in [-0.25, -0.2) is 4.79 Å². The summed E-state index contributed by atoms with van der Waals surface area (Å²) in [6.45, 7) is 0. The zero-order valence-electron chi connectivity index (χ0n) is 7.75. The molecule has 7 heteroatoms. The second-order valence-electron chi connectivity index (χ2n) is 3.07. The lowest BCUT2D eigenvalue weighted by Gasteiger charge is -2.42. The Bertz CT molecular complexity index is 488. The fraction of sp³-hybridized carbons (Fsp3) is 0. The van der Waals surface area contributed by atoms with Crippen molar-refractivity contribution in [1.82, 2.24) is 0 Å². The number of nitrogens with zero attached hydrogens (tertiary/aromatic N) is 2. The van der Waals surface area contributed by atoms with Crippen molar-refractivity contribution in [2.75, 3.05) is 10.1 Å². The minimum atomic E-state index is -1.46. The van der Waals surface area contributed by atoms with E-state index in [1.165, 1.54) is 18.2 Å². The highest BCUT2D eigenvalue weighted by molar-refractivity contribution is 6.31. The minimum absolute atomic E-state index is 0.0208. The van der Waals surface area contributed by atoms with Gasteiger partial charge in [0.15, 0.2) is 0 Å². The Hall–Kier alpha value is -1.76. The third-order valence-electron chi connectivity index (χ3n) is 2.07. The molecular formula is C9H5ClN2O4-2. The summed E-state index contributed by atoms with van der Waals surface area (Å²) < 4.78 is 0. The van der Waals surface area contributed by atoms with Gasteiger partial charge in [0.05, 0.1) is 11.4 Å². The molecule has 1 aromatic carbocycles. The first-order valence-electron chi connectivity index (χ1n) is 4.19. The van der Waals surface area contributed by atoms with E-state index < -0.39 is 11.7 Å². The molecule has 0 saturated heterocycles. The minimum Gasteiger partial charge on any atom is -0.754 e. The zero-order chi connectivity index (χ0) is 11.9. The van der Waals surface area contributed by atoms with E-state index in [1.807, 2.05) is 0 Å². The molecule has 0 bridgehead atoms. The number of rotatable bonds is 1. The van der Waals surface area contributed by atoms with Crippen molar-refractivity contribution in [2.45, 2.75) is 0 Å². The normalized spacial score (nSPS) is 14.6. The summed E-state index contributed by atoms with van der Waals surface area (Å²) in [5.74, 6) is -1.46. The lowest BCUT2D eigenvalue weighted by molar-refractivity contribution is -0.132. The SMILES string of the molecule is O=C(O)C1=CN([O-])c2cc(Cl)ccc2N1[O-]. The molecule has 0 unspecified atom stereocenters. The second kappa shape index (κ2) is 3.67. The summed E-state index contributed by atoms with van der Waals surface area (Å²) in [5.41, 5.74) is -0.656. The number of carbonyl (C=O) groups is 1. The van der Waals surface area contributed by atoms with E-state index in [9.17, 15) is 15.2 Å². The van der Waals surface area contributed by atoms with Crippen LogP contribution in [0.1, 0.15) is 0 Å². The Balaban J connectivity index is 2.55. The lowest BCUT2D eigenvalue weighted by Crippen LogP contribution is -2.29. The third-order valence-corrected chi connectivity index (χ3v) is 2.31. The van der Waals surface area contributed by atoms with Gasteiger partial charge in [0.25, 0.3) is 0 Å². The standard InChI is InChI=1S/C9H5ClN2O4/c10-5-1-2-6-7(3-5)11(15)4-8(9(13)14)12(6)16/h1-4H,(H,13,14)/q-2. The van der Waals surface area contributed by atoms with E-state index in [0.29, 0.717) is 16.3 Å². The monoisotopic (exact) mass is 240 g/mol. The molecule has 0 radical (unpaired) electrons. The molecule has 0 fully saturated rings. The van der Waals surface area contributed by atoms with Gasteiger partial charge >= 0.3 is 5.97 Å². The topological polar surface area (TPSA) is 89.9 Å². The quantitative estimate of drug-likeness (QED) is 0.806. The van der Waals surface area contributed by atoms with Crippen LogP contribution in [0.2, 0.25) is 5.02 Å². The van der Waals surface area contributed by atoms with Gasteiger partial charge in [-0.05, 0) is 18.2 Å². The van der Waals surface area contributed by atoms with Crippen LogP contribution >= 0.6 is 11.6 Å². The molecule has 16 heavy (non-hydrogen) atoms. The van der Waals surface area contributed by atoms with Gasteiger partial charge in [-0.2, -0.15) is 0 Å². The first-order chi connectivity index (χ1) is 7.50. The molecule has 1 aliphatic rings. The van der Waals surface area contributed by atoms with Crippen LogP contribution in [-0.4, -0.2) is 11.1 Å². The highest BCUT2D eigenvalue weighted by atomic mass is 35.5. The molecule has 1 heterocycles. The summed E-state index contributed by atoms with van der Waals surface area (Å²) in [5, 5.41) is 32.5. The number of hydrogen-bond donors (Lipinski definition) is 1. The average molecular weight is 241 g/mol. The predicted octanol–water partition coefficient (Wildman–Crippen LogP) is 1.89. The number of fused-ring (bicyclic) bond motifs is 1. The first-order valence-corrected chi connectivity index (χ1v) is 4.57. The molecule has 0 saturated carbocycles. The number of hydrogen-bond acceptors (Lipinski definition) is 5. The summed E-state index contributed by atoms with van der Waals surface area (Å²) >= 11 is 5.67. The van der Waals surface area contributed by atoms with Gasteiger partial charge in [-0.1, -0.05) is 11.6 Å². The molecule has 1 aromatic rings. The van der Waals surface area contributed by atoms with E-state index in [0.717, 1.165) is 0 Å². The van der Waals surface area contributed by atoms with Gasteiger partial charge in [0.2, 0.25) is 0 Å². The van der Waals surface area contributed by atoms with Crippen molar-refractivity contribution in [3.8, 4) is 0 Å². The maximum absolute atomic E-state index is 11.6. The molecule has 6 nitrogen and oxygen atoms in total. The Labute approximate surface area is 95.1 Å². The van der Waals surface area contributed by atoms with Crippen molar-refractivity contribution < 1.29 is 9.90 Å². The molecule has 2 rings (SSSR count). The predicted molar refractivity (Wildman–Crippen MR) is 58.9 cm³/mol. The fourth-order valence-electron chi connectivity index (χ4n) is 1.35. The number of carboxylic acids is 1. The number of benzene rings is 1. The van der Waals surface area contributed by atoms with Crippen LogP contribution in [0.15, 0.2) is 30.1 Å². The summed E-state index contributed by atoms with van der Waals surface area (Å²) in [6, 6.07) is 4.00. The second-order valence-corrected chi connectivity index (χ2v) is 3.51. The molecular weight excluding hydrogens is 236 g/mol. The van der Waals surface area contributed by atoms with Crippen molar-refractivity contribution in [2.24, 2.45) is 0 Å². The van der Waals surface area contributed by atoms with E-state index >= 15 is 0 Å². The molecule has 0 amide bonds. The molecule has 1 aliphatic heterocycles. The van der Waals surface area contributed by atoms with Crippen LogP contribution in [0.25, 0.3) is 0 Å². The van der Waals surface area contributed by atoms with Gasteiger partial charge in [0.1, 0.15) is 5.70 Å². The first kappa shape index (κ1) is 10.7. The number of anilines is 2. The van der Waals surface area contributed by atoms with Crippen molar-refractivity contribution in [3.63, 3.8) is 0 Å². The van der Waals surface area contributed by atoms with Crippen molar-refractivity contribution in [1.29, 1.82) is 0 Å². The molecule has 0 atom stereocenters. The third kappa shape index (κ3) is 1.58. The largest absolute Gasteiger partial charge is 0.754 e. The highest BCUT2D eigenvalue weighted by Crippen LogP contribution is 2.37. The van der Waals surface area contributed by atoms with E-state index in [4.69, 9.17) is 16.7 Å². The smallest absolute Gasteiger partial charge is 0.353 e. The van der Waals surface area contributed by atoms with E-state index in [1.54, 1.807) is 0 Å². The molecule has 0 aliphatic carbocycles. The van der Waals surface area contributed by atoms with Gasteiger partial charge in [-0.3, -0.25) is 0 Å². The summed E-state index contributed by atoms with van der Waals surface area (Å²) in [4.78, 5) is 10.7. The number of hydroxylamine groups is 2. The molecule has 1 N–H and O–H groups in total. The Morgan fingerprint density at radius 2 is 2.00 bits per heavy atom. The van der Waals surface area contributed by atoms with Crippen molar-refractivity contribution >= 4 is 28.9 Å². The Morgan fingerprint density at radius 3 is 2.62 bits per heavy atom. The highest BCUT2D eigenvalue weighted by Gasteiger charge is 2.19. The van der Waals surface area contributed by atoms with Crippen LogP contribution in [0.5, 0.6) is 0 Å². The van der Waals surface area contributed by atoms with E-state index in [-0.39, 0.29) is 16.4 Å². The maximum Gasteiger partial charge on any atom is 0.353 e. The molecule has 84 valence electrons. The Morgan fingerprint density at radius 1 is 1.31 bits per heavy atom. The molecule has 0 aromatic heterocycles. The number of carboxylic acid groups (broad SMARTS) is 1. The fourth-order valence-corrected chi connectivity index (χ4v) is 1.52. The van der Waals surface area contributed by atoms with Gasteiger partial charge < -0.3 is 25.6 Å². The Kier molecular flexibility index (Phi) is 2.47. The van der Waals surface area contributed by atoms with Gasteiger partial charge in [0, 0.05) is 11.2 Å². The number of halogens is 1. The molecule has 0 spiro atoms. The van der Waals surface area contributed by atoms with Crippen LogP contribution in [0.3, 0.4) is 0 Å². The number of aliphatic carboxylic acids is 1. The lowest BCUT2D eigenvalue weighted by atomic mass is 10.2. The van der Waals surface area contributed by atoms with Gasteiger partial charge in [-0.15, -0.1) is 0 Å². The maximum atomic E-state index is 11.6. The van der Waals surface area contributed by atoms with Crippen molar-refractivity contribution in [3.05, 3.63) is 45.5 Å². The van der Waals surface area contributed by atoms with Crippen LogP contribution < -0.4 is 10.1 Å². The average Bonchev–Trinajstić information content (AvgIpc) is 2.22. The van der Waals surface area contributed by atoms with Crippen LogP contribution in [0.4, 0.5) is 11.4 Å². The van der Waals surface area contributed by atoms with E-state index in [2.05, 4.69) is 0 Å². The van der Waals surface area contributed by atoms with Crippen LogP contribution in [-0.2, 0) is 4.79 Å². The van der Waals surface area contributed by atoms with Crippen LogP contribution in [0, 0.1) is 10.4 Å².